The quantitative estimate of drug-likeness (QED) is 0.797. The van der Waals surface area contributed by atoms with Gasteiger partial charge in [-0.3, -0.25) is 4.90 Å². The van der Waals surface area contributed by atoms with E-state index >= 15 is 0 Å². The summed E-state index contributed by atoms with van der Waals surface area (Å²) in [6.07, 6.45) is 0. The molecule has 1 aromatic carbocycles. The first-order valence-corrected chi connectivity index (χ1v) is 5.37. The van der Waals surface area contributed by atoms with Crippen LogP contribution in [0.1, 0.15) is 5.56 Å². The molecule has 0 aromatic heterocycles. The van der Waals surface area contributed by atoms with Crippen LogP contribution in [0.2, 0.25) is 0 Å². The first-order chi connectivity index (χ1) is 7.69. The van der Waals surface area contributed by atoms with E-state index in [9.17, 15) is 4.39 Å². The maximum atomic E-state index is 13.2. The Morgan fingerprint density at radius 2 is 1.88 bits per heavy atom. The van der Waals surface area contributed by atoms with Crippen LogP contribution in [-0.2, 0) is 6.54 Å². The lowest BCUT2D eigenvalue weighted by Crippen LogP contribution is -2.24. The average Bonchev–Trinajstić information content (AvgIpc) is 2.25. The molecule has 0 aliphatic rings. The van der Waals surface area contributed by atoms with Gasteiger partial charge in [-0.2, -0.15) is 10.5 Å². The fourth-order valence-corrected chi connectivity index (χ4v) is 1.67. The second-order valence-corrected chi connectivity index (χ2v) is 3.97. The normalized spacial score (nSPS) is 9.81. The molecule has 1 aromatic rings. The molecule has 0 heterocycles. The molecule has 0 atom stereocenters. The molecular weight excluding hydrogens is 273 g/mol. The number of nitriles is 2. The van der Waals surface area contributed by atoms with Crippen molar-refractivity contribution in [1.82, 2.24) is 4.90 Å². The standard InChI is InChI=1S/C11H9BrFN3/c12-11-9(2-1-3-10(11)13)8-16(6-4-14)7-5-15/h1-3H,6-8H2. The van der Waals surface area contributed by atoms with Crippen molar-refractivity contribution in [2.24, 2.45) is 0 Å². The van der Waals surface area contributed by atoms with Gasteiger partial charge in [-0.1, -0.05) is 12.1 Å². The lowest BCUT2D eigenvalue weighted by atomic mass is 10.2. The fraction of sp³-hybridized carbons (Fsp3) is 0.273. The van der Waals surface area contributed by atoms with Gasteiger partial charge in [0.05, 0.1) is 29.7 Å². The Balaban J connectivity index is 2.82. The van der Waals surface area contributed by atoms with Gasteiger partial charge in [0.25, 0.3) is 0 Å². The molecule has 0 saturated carbocycles. The molecule has 0 spiro atoms. The third-order valence-electron chi connectivity index (χ3n) is 2.01. The van der Waals surface area contributed by atoms with Gasteiger partial charge in [0.15, 0.2) is 0 Å². The van der Waals surface area contributed by atoms with Crippen LogP contribution in [0, 0.1) is 28.5 Å². The highest BCUT2D eigenvalue weighted by molar-refractivity contribution is 9.10. The second-order valence-electron chi connectivity index (χ2n) is 3.17. The molecule has 0 amide bonds. The first kappa shape index (κ1) is 12.6. The molecule has 0 N–H and O–H groups in total. The van der Waals surface area contributed by atoms with Crippen LogP contribution in [0.25, 0.3) is 0 Å². The Morgan fingerprint density at radius 1 is 1.25 bits per heavy atom. The van der Waals surface area contributed by atoms with E-state index in [2.05, 4.69) is 15.9 Å². The minimum absolute atomic E-state index is 0.149. The Morgan fingerprint density at radius 3 is 2.44 bits per heavy atom. The van der Waals surface area contributed by atoms with Gasteiger partial charge < -0.3 is 0 Å². The monoisotopic (exact) mass is 281 g/mol. The predicted octanol–water partition coefficient (Wildman–Crippen LogP) is 2.44. The lowest BCUT2D eigenvalue weighted by Gasteiger charge is -2.16. The second kappa shape index (κ2) is 6.22. The van der Waals surface area contributed by atoms with Crippen molar-refractivity contribution >= 4 is 15.9 Å². The van der Waals surface area contributed by atoms with Crippen LogP contribution in [0.5, 0.6) is 0 Å². The Labute approximate surface area is 102 Å². The number of rotatable bonds is 4. The molecule has 0 fully saturated rings. The van der Waals surface area contributed by atoms with Crippen molar-refractivity contribution < 1.29 is 4.39 Å². The van der Waals surface area contributed by atoms with E-state index in [-0.39, 0.29) is 18.9 Å². The Bertz CT molecular complexity index is 432. The summed E-state index contributed by atoms with van der Waals surface area (Å²) in [5, 5.41) is 17.2. The van der Waals surface area contributed by atoms with Gasteiger partial charge in [0, 0.05) is 6.54 Å². The molecule has 0 bridgehead atoms. The predicted molar refractivity (Wildman–Crippen MR) is 60.6 cm³/mol. The van der Waals surface area contributed by atoms with Crippen LogP contribution in [0.4, 0.5) is 4.39 Å². The number of halogens is 2. The molecule has 16 heavy (non-hydrogen) atoms. The maximum Gasteiger partial charge on any atom is 0.137 e. The zero-order chi connectivity index (χ0) is 12.0. The summed E-state index contributed by atoms with van der Waals surface area (Å²) in [7, 11) is 0. The van der Waals surface area contributed by atoms with E-state index in [0.29, 0.717) is 11.0 Å². The van der Waals surface area contributed by atoms with Gasteiger partial charge in [0.1, 0.15) is 5.82 Å². The minimum atomic E-state index is -0.341. The largest absolute Gasteiger partial charge is 0.273 e. The highest BCUT2D eigenvalue weighted by Crippen LogP contribution is 2.21. The van der Waals surface area contributed by atoms with Crippen LogP contribution < -0.4 is 0 Å². The molecule has 3 nitrogen and oxygen atoms in total. The lowest BCUT2D eigenvalue weighted by molar-refractivity contribution is 0.333. The molecule has 0 saturated heterocycles. The molecular formula is C11H9BrFN3. The van der Waals surface area contributed by atoms with Crippen LogP contribution in [-0.4, -0.2) is 18.0 Å². The molecule has 82 valence electrons. The van der Waals surface area contributed by atoms with Gasteiger partial charge >= 0.3 is 0 Å². The van der Waals surface area contributed by atoms with Gasteiger partial charge in [-0.05, 0) is 27.6 Å². The minimum Gasteiger partial charge on any atom is -0.273 e. The molecule has 5 heteroatoms. The van der Waals surface area contributed by atoms with Crippen LogP contribution in [0.3, 0.4) is 0 Å². The summed E-state index contributed by atoms with van der Waals surface area (Å²) >= 11 is 3.14. The zero-order valence-electron chi connectivity index (χ0n) is 8.45. The van der Waals surface area contributed by atoms with E-state index < -0.39 is 0 Å². The van der Waals surface area contributed by atoms with Crippen molar-refractivity contribution in [3.05, 3.63) is 34.1 Å². The third kappa shape index (κ3) is 3.30. The van der Waals surface area contributed by atoms with Gasteiger partial charge in [-0.15, -0.1) is 0 Å². The average molecular weight is 282 g/mol. The summed E-state index contributed by atoms with van der Waals surface area (Å²) in [6.45, 7) is 0.673. The van der Waals surface area contributed by atoms with E-state index in [1.54, 1.807) is 17.0 Å². The molecule has 0 aliphatic heterocycles. The van der Waals surface area contributed by atoms with E-state index in [0.717, 1.165) is 5.56 Å². The number of benzene rings is 1. The summed E-state index contributed by atoms with van der Waals surface area (Å²) in [6, 6.07) is 8.66. The van der Waals surface area contributed by atoms with Crippen molar-refractivity contribution in [2.45, 2.75) is 6.54 Å². The fourth-order valence-electron chi connectivity index (χ4n) is 1.28. The number of nitrogens with zero attached hydrogens (tertiary/aromatic N) is 3. The smallest absolute Gasteiger partial charge is 0.137 e. The number of hydrogen-bond donors (Lipinski definition) is 0. The van der Waals surface area contributed by atoms with E-state index in [4.69, 9.17) is 10.5 Å². The molecule has 0 radical (unpaired) electrons. The third-order valence-corrected chi connectivity index (χ3v) is 2.90. The van der Waals surface area contributed by atoms with Crippen molar-refractivity contribution in [2.75, 3.05) is 13.1 Å². The molecule has 0 aliphatic carbocycles. The van der Waals surface area contributed by atoms with Crippen molar-refractivity contribution in [1.29, 1.82) is 10.5 Å². The summed E-state index contributed by atoms with van der Waals surface area (Å²) in [4.78, 5) is 1.64. The van der Waals surface area contributed by atoms with E-state index in [1.807, 2.05) is 12.1 Å². The van der Waals surface area contributed by atoms with Crippen LogP contribution >= 0.6 is 15.9 Å². The Hall–Kier alpha value is -1.43. The molecule has 0 unspecified atom stereocenters. The van der Waals surface area contributed by atoms with Crippen molar-refractivity contribution in [3.8, 4) is 12.1 Å². The van der Waals surface area contributed by atoms with Gasteiger partial charge in [-0.25, -0.2) is 4.39 Å². The summed E-state index contributed by atoms with van der Waals surface area (Å²) < 4.78 is 13.6. The van der Waals surface area contributed by atoms with E-state index in [1.165, 1.54) is 6.07 Å². The SMILES string of the molecule is N#CCN(CC#N)Cc1cccc(F)c1Br. The first-order valence-electron chi connectivity index (χ1n) is 4.58. The summed E-state index contributed by atoms with van der Waals surface area (Å²) in [5.41, 5.74) is 0.727. The van der Waals surface area contributed by atoms with Crippen LogP contribution in [0.15, 0.2) is 22.7 Å². The number of hydrogen-bond acceptors (Lipinski definition) is 3. The summed E-state index contributed by atoms with van der Waals surface area (Å²) in [5.74, 6) is -0.341. The molecule has 1 rings (SSSR count). The van der Waals surface area contributed by atoms with Gasteiger partial charge in [0.2, 0.25) is 0 Å². The topological polar surface area (TPSA) is 50.8 Å². The van der Waals surface area contributed by atoms with Crippen molar-refractivity contribution in [3.63, 3.8) is 0 Å². The Kier molecular flexibility index (Phi) is 4.91. The highest BCUT2D eigenvalue weighted by Gasteiger charge is 2.09. The zero-order valence-corrected chi connectivity index (χ0v) is 10.0. The maximum absolute atomic E-state index is 13.2. The highest BCUT2D eigenvalue weighted by atomic mass is 79.9.